The van der Waals surface area contributed by atoms with Crippen LogP contribution in [0.2, 0.25) is 0 Å². The van der Waals surface area contributed by atoms with Crippen molar-refractivity contribution in [3.05, 3.63) is 243 Å². The maximum atomic E-state index is 2.44. The van der Waals surface area contributed by atoms with Gasteiger partial charge in [-0.3, -0.25) is 0 Å². The zero-order chi connectivity index (χ0) is 35.7. The highest BCUT2D eigenvalue weighted by atomic mass is 31.3. The summed E-state index contributed by atoms with van der Waals surface area (Å²) in [6.07, 6.45) is 0. The molecule has 256 valence electrons. The van der Waals surface area contributed by atoms with Gasteiger partial charge in [-0.15, -0.1) is 0 Å². The fraction of sp³-hybridized carbons (Fsp3) is 0. The van der Waals surface area contributed by atoms with Gasteiger partial charge in [-0.1, -0.05) is 285 Å². The van der Waals surface area contributed by atoms with Crippen molar-refractivity contribution in [3.63, 3.8) is 0 Å². The predicted molar refractivity (Wildman–Crippen MR) is 242 cm³/mol. The summed E-state index contributed by atoms with van der Waals surface area (Å²) in [4.78, 5) is 0. The van der Waals surface area contributed by atoms with Gasteiger partial charge in [-0.05, 0) is 0 Å². The molecule has 8 aromatic carbocycles. The topological polar surface area (TPSA) is 0 Å². The van der Waals surface area contributed by atoms with E-state index in [4.69, 9.17) is 0 Å². The van der Waals surface area contributed by atoms with Crippen molar-refractivity contribution in [1.29, 1.82) is 0 Å². The van der Waals surface area contributed by atoms with Crippen molar-refractivity contribution in [2.24, 2.45) is 0 Å². The summed E-state index contributed by atoms with van der Waals surface area (Å²) in [6, 6.07) is 92.7. The Hall–Kier alpha value is -4.46. The van der Waals surface area contributed by atoms with Crippen LogP contribution in [-0.2, 0) is 0 Å². The molecule has 0 N–H and O–H groups in total. The maximum Gasteiger partial charge on any atom is 0.138 e. The van der Waals surface area contributed by atoms with E-state index < -0.39 is 36.2 Å². The smallest absolute Gasteiger partial charge is 0.138 e. The zero-order valence-corrected chi connectivity index (χ0v) is 33.0. The Balaban J connectivity index is 1.67. The fourth-order valence-electron chi connectivity index (χ4n) is 7.60. The quantitative estimate of drug-likeness (QED) is 0.0862. The number of hydrogen-bond donors (Lipinski definition) is 0. The molecule has 0 aliphatic carbocycles. The minimum Gasteiger partial charge on any atom is -0.196 e. The summed E-state index contributed by atoms with van der Waals surface area (Å²) in [5.41, 5.74) is 0. The second-order valence-electron chi connectivity index (χ2n) is 12.9. The minimum atomic E-state index is -1.53. The van der Waals surface area contributed by atoms with Crippen molar-refractivity contribution < 1.29 is 0 Å². The summed E-state index contributed by atoms with van der Waals surface area (Å²) >= 11 is 0. The molecular formula is C48H40BP4-. The minimum absolute atomic E-state index is 1.01. The van der Waals surface area contributed by atoms with Crippen LogP contribution in [0.4, 0.5) is 0 Å². The molecule has 0 aromatic heterocycles. The van der Waals surface area contributed by atoms with Gasteiger partial charge >= 0.3 is 0 Å². The largest absolute Gasteiger partial charge is 0.196 e. The van der Waals surface area contributed by atoms with Crippen LogP contribution in [0, 0.1) is 0 Å². The highest BCUT2D eigenvalue weighted by molar-refractivity contribution is 8.73. The third-order valence-electron chi connectivity index (χ3n) is 9.66. The van der Waals surface area contributed by atoms with Gasteiger partial charge in [-0.2, -0.15) is 31.2 Å². The molecule has 0 aliphatic heterocycles. The van der Waals surface area contributed by atoms with Crippen LogP contribution in [0.25, 0.3) is 0 Å². The second kappa shape index (κ2) is 17.1. The number of rotatable bonds is 12. The lowest BCUT2D eigenvalue weighted by Crippen LogP contribution is -2.49. The highest BCUT2D eigenvalue weighted by Crippen LogP contribution is 2.84. The predicted octanol–water partition coefficient (Wildman–Crippen LogP) is 9.95. The highest BCUT2D eigenvalue weighted by Gasteiger charge is 2.53. The summed E-state index contributed by atoms with van der Waals surface area (Å²) < 4.78 is 0. The Morgan fingerprint density at radius 2 is 0.283 bits per heavy atom. The number of hydrogen-bond acceptors (Lipinski definition) is 0. The molecule has 0 nitrogen and oxygen atoms in total. The monoisotopic (exact) mass is 751 g/mol. The number of benzene rings is 8. The molecule has 0 heterocycles. The van der Waals surface area contributed by atoms with Crippen LogP contribution in [0.3, 0.4) is 0 Å². The maximum absolute atomic E-state index is 2.44. The molecule has 0 amide bonds. The first-order valence-corrected chi connectivity index (χ1v) is 23.8. The Morgan fingerprint density at radius 3 is 0.396 bits per heavy atom. The Kier molecular flexibility index (Phi) is 11.5. The molecule has 0 unspecified atom stereocenters. The first-order valence-electron chi connectivity index (χ1n) is 18.1. The standard InChI is InChI=1S/C48H40BP4/c1-9-25-41(26-10-1)50(42-27-11-2-12-28-42)49(51(43-29-13-3-14-30-43)44-31-15-4-16-32-44,52(45-33-17-5-18-34-45)46-35-19-6-20-36-46)53(47-37-21-7-22-38-47)48-39-23-8-24-40-48/h1-40H/q-1. The molecule has 0 aliphatic rings. The van der Waals surface area contributed by atoms with Crippen LogP contribution in [0.5, 0.6) is 0 Å². The lowest BCUT2D eigenvalue weighted by molar-refractivity contribution is 1.75. The third-order valence-corrected chi connectivity index (χ3v) is 27.6. The fourth-order valence-corrected chi connectivity index (χ4v) is 31.1. The van der Waals surface area contributed by atoms with Crippen molar-refractivity contribution in [2.45, 2.75) is 0 Å². The summed E-state index contributed by atoms with van der Waals surface area (Å²) in [5.74, 6) is 0. The van der Waals surface area contributed by atoms with E-state index in [0.29, 0.717) is 0 Å². The van der Waals surface area contributed by atoms with E-state index in [1.165, 1.54) is 42.4 Å². The molecule has 0 saturated heterocycles. The van der Waals surface area contributed by atoms with Gasteiger partial charge in [0, 0.05) is 0 Å². The van der Waals surface area contributed by atoms with Gasteiger partial charge in [0.25, 0.3) is 0 Å². The normalized spacial score (nSPS) is 11.7. The van der Waals surface area contributed by atoms with Gasteiger partial charge in [0.15, 0.2) is 0 Å². The average molecular weight is 752 g/mol. The first kappa shape index (κ1) is 35.6. The molecule has 5 heteroatoms. The molecule has 0 saturated carbocycles. The van der Waals surface area contributed by atoms with E-state index in [2.05, 4.69) is 243 Å². The van der Waals surface area contributed by atoms with Crippen molar-refractivity contribution >= 4 is 78.7 Å². The van der Waals surface area contributed by atoms with Crippen LogP contribution < -0.4 is 42.4 Å². The molecule has 0 spiro atoms. The molecular weight excluding hydrogens is 711 g/mol. The van der Waals surface area contributed by atoms with Gasteiger partial charge < -0.3 is 0 Å². The van der Waals surface area contributed by atoms with Crippen LogP contribution in [0.15, 0.2) is 243 Å². The van der Waals surface area contributed by atoms with Gasteiger partial charge in [0.05, 0.1) is 0 Å². The van der Waals surface area contributed by atoms with Crippen LogP contribution >= 0.6 is 31.2 Å². The second-order valence-corrected chi connectivity index (χ2v) is 25.5. The molecule has 0 atom stereocenters. The lowest BCUT2D eigenvalue weighted by atomic mass is 10.3. The van der Waals surface area contributed by atoms with E-state index in [-0.39, 0.29) is 0 Å². The molecule has 53 heavy (non-hydrogen) atoms. The molecule has 0 fully saturated rings. The summed E-state index contributed by atoms with van der Waals surface area (Å²) in [7, 11) is -4.04. The summed E-state index contributed by atoms with van der Waals surface area (Å²) in [6.45, 7) is 0. The van der Waals surface area contributed by atoms with E-state index in [1.807, 2.05) is 0 Å². The first-order chi connectivity index (χ1) is 26.4. The SMILES string of the molecule is c1ccc(P(c2ccccc2)[B-](P(c2ccccc2)c2ccccc2)(P(c2ccccc2)c2ccccc2)P(c2ccccc2)c2ccccc2)cc1. The van der Waals surface area contributed by atoms with Gasteiger partial charge in [0.2, 0.25) is 0 Å². The van der Waals surface area contributed by atoms with E-state index >= 15 is 0 Å². The molecule has 8 rings (SSSR count). The Morgan fingerprint density at radius 1 is 0.170 bits per heavy atom. The molecule has 8 aromatic rings. The Bertz CT molecular complexity index is 1780. The van der Waals surface area contributed by atoms with Gasteiger partial charge in [-0.25, -0.2) is 0 Å². The average Bonchev–Trinajstić information content (AvgIpc) is 3.24. The van der Waals surface area contributed by atoms with E-state index in [0.717, 1.165) is 0 Å². The van der Waals surface area contributed by atoms with Crippen molar-refractivity contribution in [2.75, 3.05) is 0 Å². The van der Waals surface area contributed by atoms with E-state index in [9.17, 15) is 0 Å². The van der Waals surface area contributed by atoms with Crippen LogP contribution in [0.1, 0.15) is 0 Å². The van der Waals surface area contributed by atoms with Crippen molar-refractivity contribution in [1.82, 2.24) is 0 Å². The molecule has 0 radical (unpaired) electrons. The lowest BCUT2D eigenvalue weighted by Gasteiger charge is -2.64. The zero-order valence-electron chi connectivity index (χ0n) is 29.5. The van der Waals surface area contributed by atoms with Crippen LogP contribution in [-0.4, -0.2) is 5.02 Å². The van der Waals surface area contributed by atoms with E-state index in [1.54, 1.807) is 0 Å². The third kappa shape index (κ3) is 7.39. The molecule has 0 bridgehead atoms. The summed E-state index contributed by atoms with van der Waals surface area (Å²) in [5, 5.41) is 9.97. The van der Waals surface area contributed by atoms with Crippen molar-refractivity contribution in [3.8, 4) is 0 Å². The Labute approximate surface area is 319 Å². The van der Waals surface area contributed by atoms with Gasteiger partial charge in [0.1, 0.15) is 5.02 Å².